The van der Waals surface area contributed by atoms with Crippen LogP contribution in [0.15, 0.2) is 12.2 Å². The molecule has 0 fully saturated rings. The smallest absolute Gasteiger partial charge is 0.304 e. The largest absolute Gasteiger partial charge is 0.481 e. The van der Waals surface area contributed by atoms with Crippen LogP contribution < -0.4 is 0 Å². The monoisotopic (exact) mass is 170 g/mol. The van der Waals surface area contributed by atoms with Crippen LogP contribution in [0.2, 0.25) is 0 Å². The summed E-state index contributed by atoms with van der Waals surface area (Å²) in [6.07, 6.45) is 4.68. The van der Waals surface area contributed by atoms with Crippen LogP contribution in [-0.2, 0) is 4.79 Å². The number of aliphatic carboxylic acids is 1. The van der Waals surface area contributed by atoms with Gasteiger partial charge in [0.05, 0.1) is 12.5 Å². The van der Waals surface area contributed by atoms with Crippen LogP contribution >= 0.6 is 0 Å². The predicted molar refractivity (Wildman–Crippen MR) is 44.7 cm³/mol. The molecule has 0 aromatic heterocycles. The molecule has 0 radical (unpaired) electrons. The quantitative estimate of drug-likeness (QED) is 0.612. The molecule has 3 heteroatoms. The summed E-state index contributed by atoms with van der Waals surface area (Å²) in [5.74, 6) is -0.779. The fraction of sp³-hybridized carbons (Fsp3) is 0.667. The van der Waals surface area contributed by atoms with E-state index in [0.717, 1.165) is 6.42 Å². The standard InChI is InChI=1S/C9H14O3/c1-9(6-8(11)12)4-2-7(10)3-5-9/h2,4,7,10H,3,5-6H2,1H3,(H,11,12). The van der Waals surface area contributed by atoms with Crippen LogP contribution in [0.4, 0.5) is 0 Å². The first-order valence-electron chi connectivity index (χ1n) is 4.11. The van der Waals surface area contributed by atoms with Crippen molar-refractivity contribution in [3.63, 3.8) is 0 Å². The minimum atomic E-state index is -0.779. The van der Waals surface area contributed by atoms with Crippen LogP contribution in [0.3, 0.4) is 0 Å². The van der Waals surface area contributed by atoms with E-state index in [9.17, 15) is 4.79 Å². The molecule has 0 saturated carbocycles. The Labute approximate surface area is 71.7 Å². The Morgan fingerprint density at radius 3 is 2.83 bits per heavy atom. The van der Waals surface area contributed by atoms with E-state index in [0.29, 0.717) is 6.42 Å². The lowest BCUT2D eigenvalue weighted by Gasteiger charge is -2.28. The number of carboxylic acid groups (broad SMARTS) is 1. The van der Waals surface area contributed by atoms with Crippen LogP contribution in [0.25, 0.3) is 0 Å². The molecule has 0 bridgehead atoms. The predicted octanol–water partition coefficient (Wildman–Crippen LogP) is 1.18. The second-order valence-corrected chi connectivity index (χ2v) is 3.69. The second-order valence-electron chi connectivity index (χ2n) is 3.69. The van der Waals surface area contributed by atoms with Gasteiger partial charge >= 0.3 is 5.97 Å². The zero-order valence-electron chi connectivity index (χ0n) is 7.16. The fourth-order valence-corrected chi connectivity index (χ4v) is 1.49. The molecule has 12 heavy (non-hydrogen) atoms. The third-order valence-corrected chi connectivity index (χ3v) is 2.29. The number of carboxylic acids is 1. The van der Waals surface area contributed by atoms with Crippen molar-refractivity contribution in [2.75, 3.05) is 0 Å². The zero-order valence-corrected chi connectivity index (χ0v) is 7.16. The number of carbonyl (C=O) groups is 1. The average molecular weight is 170 g/mol. The Kier molecular flexibility index (Phi) is 2.52. The first-order chi connectivity index (χ1) is 5.52. The third kappa shape index (κ3) is 2.34. The van der Waals surface area contributed by atoms with Crippen molar-refractivity contribution in [1.29, 1.82) is 0 Å². The van der Waals surface area contributed by atoms with Gasteiger partial charge in [0.15, 0.2) is 0 Å². The Bertz CT molecular complexity index is 210. The minimum absolute atomic E-state index is 0.149. The van der Waals surface area contributed by atoms with Crippen molar-refractivity contribution in [2.45, 2.75) is 32.3 Å². The lowest BCUT2D eigenvalue weighted by atomic mass is 9.77. The summed E-state index contributed by atoms with van der Waals surface area (Å²) in [6.45, 7) is 1.91. The topological polar surface area (TPSA) is 57.5 Å². The molecule has 1 rings (SSSR count). The Morgan fingerprint density at radius 1 is 1.75 bits per heavy atom. The summed E-state index contributed by atoms with van der Waals surface area (Å²) in [5.41, 5.74) is -0.259. The van der Waals surface area contributed by atoms with Crippen molar-refractivity contribution in [1.82, 2.24) is 0 Å². The highest BCUT2D eigenvalue weighted by atomic mass is 16.4. The van der Waals surface area contributed by atoms with Crippen LogP contribution in [0.1, 0.15) is 26.2 Å². The number of hydrogen-bond acceptors (Lipinski definition) is 2. The Hall–Kier alpha value is -0.830. The van der Waals surface area contributed by atoms with Gasteiger partial charge in [0.25, 0.3) is 0 Å². The van der Waals surface area contributed by atoms with Gasteiger partial charge in [-0.25, -0.2) is 0 Å². The van der Waals surface area contributed by atoms with E-state index in [1.165, 1.54) is 0 Å². The first-order valence-corrected chi connectivity index (χ1v) is 4.11. The van der Waals surface area contributed by atoms with Gasteiger partial charge in [-0.15, -0.1) is 0 Å². The lowest BCUT2D eigenvalue weighted by molar-refractivity contribution is -0.139. The summed E-state index contributed by atoms with van der Waals surface area (Å²) >= 11 is 0. The number of hydrogen-bond donors (Lipinski definition) is 2. The highest BCUT2D eigenvalue weighted by Crippen LogP contribution is 2.33. The summed E-state index contributed by atoms with van der Waals surface area (Å²) in [4.78, 5) is 10.5. The molecule has 0 saturated heterocycles. The maximum atomic E-state index is 10.5. The van der Waals surface area contributed by atoms with Crippen molar-refractivity contribution < 1.29 is 15.0 Å². The molecule has 2 N–H and O–H groups in total. The van der Waals surface area contributed by atoms with Gasteiger partial charge in [0.1, 0.15) is 0 Å². The lowest BCUT2D eigenvalue weighted by Crippen LogP contribution is -2.24. The van der Waals surface area contributed by atoms with Gasteiger partial charge in [-0.05, 0) is 18.3 Å². The number of aliphatic hydroxyl groups is 1. The van der Waals surface area contributed by atoms with E-state index < -0.39 is 5.97 Å². The van der Waals surface area contributed by atoms with E-state index >= 15 is 0 Å². The molecule has 0 aliphatic heterocycles. The Balaban J connectivity index is 2.61. The molecule has 1 aliphatic carbocycles. The summed E-state index contributed by atoms with van der Waals surface area (Å²) in [6, 6.07) is 0. The average Bonchev–Trinajstić information content (AvgIpc) is 1.94. The zero-order chi connectivity index (χ0) is 9.19. The van der Waals surface area contributed by atoms with Gasteiger partial charge in [-0.1, -0.05) is 19.1 Å². The molecule has 68 valence electrons. The normalized spacial score (nSPS) is 35.0. The third-order valence-electron chi connectivity index (χ3n) is 2.29. The molecule has 0 spiro atoms. The Morgan fingerprint density at radius 2 is 2.42 bits per heavy atom. The molecular weight excluding hydrogens is 156 g/mol. The van der Waals surface area contributed by atoms with E-state index in [1.54, 1.807) is 6.08 Å². The van der Waals surface area contributed by atoms with E-state index in [4.69, 9.17) is 10.2 Å². The van der Waals surface area contributed by atoms with E-state index in [-0.39, 0.29) is 17.9 Å². The molecule has 3 nitrogen and oxygen atoms in total. The summed E-state index contributed by atoms with van der Waals surface area (Å²) in [5, 5.41) is 17.7. The number of aliphatic hydroxyl groups excluding tert-OH is 1. The van der Waals surface area contributed by atoms with Crippen LogP contribution in [-0.4, -0.2) is 22.3 Å². The molecule has 2 unspecified atom stereocenters. The molecule has 0 aromatic rings. The van der Waals surface area contributed by atoms with Gasteiger partial charge in [-0.2, -0.15) is 0 Å². The van der Waals surface area contributed by atoms with Gasteiger partial charge in [0, 0.05) is 0 Å². The second kappa shape index (κ2) is 3.27. The summed E-state index contributed by atoms with van der Waals surface area (Å²) < 4.78 is 0. The van der Waals surface area contributed by atoms with Gasteiger partial charge < -0.3 is 10.2 Å². The van der Waals surface area contributed by atoms with Gasteiger partial charge in [0.2, 0.25) is 0 Å². The van der Waals surface area contributed by atoms with Crippen molar-refractivity contribution >= 4 is 5.97 Å². The van der Waals surface area contributed by atoms with Crippen LogP contribution in [0.5, 0.6) is 0 Å². The van der Waals surface area contributed by atoms with Crippen molar-refractivity contribution in [2.24, 2.45) is 5.41 Å². The SMILES string of the molecule is CC1(CC(=O)O)C=CC(O)CC1. The highest BCUT2D eigenvalue weighted by Gasteiger charge is 2.27. The van der Waals surface area contributed by atoms with Crippen molar-refractivity contribution in [3.8, 4) is 0 Å². The van der Waals surface area contributed by atoms with Crippen LogP contribution in [0, 0.1) is 5.41 Å². The molecule has 0 aromatic carbocycles. The van der Waals surface area contributed by atoms with E-state index in [2.05, 4.69) is 0 Å². The molecule has 0 amide bonds. The molecule has 0 heterocycles. The number of rotatable bonds is 2. The fourth-order valence-electron chi connectivity index (χ4n) is 1.49. The molecule has 1 aliphatic rings. The molecule has 2 atom stereocenters. The maximum Gasteiger partial charge on any atom is 0.304 e. The first kappa shape index (κ1) is 9.26. The van der Waals surface area contributed by atoms with E-state index in [1.807, 2.05) is 13.0 Å². The number of allylic oxidation sites excluding steroid dienone is 1. The highest BCUT2D eigenvalue weighted by molar-refractivity contribution is 5.68. The van der Waals surface area contributed by atoms with Gasteiger partial charge in [-0.3, -0.25) is 4.79 Å². The maximum absolute atomic E-state index is 10.5. The molecular formula is C9H14O3. The summed E-state index contributed by atoms with van der Waals surface area (Å²) in [7, 11) is 0. The minimum Gasteiger partial charge on any atom is -0.481 e. The van der Waals surface area contributed by atoms with Crippen molar-refractivity contribution in [3.05, 3.63) is 12.2 Å².